The molecule has 7 heteroatoms. The van der Waals surface area contributed by atoms with Crippen molar-refractivity contribution in [2.24, 2.45) is 0 Å². The average Bonchev–Trinajstić information content (AvgIpc) is 2.47. The van der Waals surface area contributed by atoms with E-state index in [1.807, 2.05) is 24.3 Å². The van der Waals surface area contributed by atoms with Gasteiger partial charge in [0.2, 0.25) is 17.2 Å². The Morgan fingerprint density at radius 1 is 1.10 bits per heavy atom. The summed E-state index contributed by atoms with van der Waals surface area (Å²) in [7, 11) is 0. The molecule has 2 heterocycles. The van der Waals surface area contributed by atoms with Crippen LogP contribution in [0.2, 0.25) is 5.28 Å². The largest absolute Gasteiger partial charge is 0.341 e. The molecule has 1 aliphatic heterocycles. The summed E-state index contributed by atoms with van der Waals surface area (Å²) >= 11 is 8.31. The van der Waals surface area contributed by atoms with Crippen LogP contribution in [-0.2, 0) is 0 Å². The molecule has 0 spiro atoms. The molecule has 1 N–H and O–H groups in total. The monoisotopic (exact) mass is 415 g/mol. The molecule has 0 radical (unpaired) electrons. The van der Waals surface area contributed by atoms with Crippen LogP contribution in [0.3, 0.4) is 0 Å². The Morgan fingerprint density at radius 2 is 1.90 bits per heavy atom. The number of hydrogen-bond acceptors (Lipinski definition) is 5. The predicted octanol–water partition coefficient (Wildman–Crippen LogP) is 3.86. The molecule has 1 saturated heterocycles. The number of aromatic nitrogens is 3. The molecule has 1 aromatic heterocycles. The van der Waals surface area contributed by atoms with Crippen LogP contribution in [0.4, 0.5) is 17.6 Å². The molecule has 0 aliphatic carbocycles. The van der Waals surface area contributed by atoms with Crippen molar-refractivity contribution < 1.29 is 0 Å². The van der Waals surface area contributed by atoms with Crippen LogP contribution in [-0.4, -0.2) is 28.0 Å². The molecule has 0 atom stereocenters. The number of halogens is 2. The van der Waals surface area contributed by atoms with Gasteiger partial charge in [0.05, 0.1) is 0 Å². The van der Waals surface area contributed by atoms with Crippen LogP contribution in [0.1, 0.15) is 19.3 Å². The van der Waals surface area contributed by atoms with Crippen LogP contribution in [0.25, 0.3) is 0 Å². The fourth-order valence-corrected chi connectivity index (χ4v) is 3.02. The maximum atomic E-state index is 6.04. The summed E-state index contributed by atoms with van der Waals surface area (Å²) in [6.45, 7) is 1.95. The van der Waals surface area contributed by atoms with E-state index < -0.39 is 0 Å². The Morgan fingerprint density at radius 3 is 2.67 bits per heavy atom. The second-order valence-electron chi connectivity index (χ2n) is 4.91. The minimum atomic E-state index is 0.221. The first-order valence-corrected chi connectivity index (χ1v) is 8.35. The molecule has 0 unspecified atom stereocenters. The lowest BCUT2D eigenvalue weighted by molar-refractivity contribution is 0.567. The highest BCUT2D eigenvalue weighted by molar-refractivity contribution is 14.1. The first kappa shape index (κ1) is 14.8. The molecule has 5 nitrogen and oxygen atoms in total. The first-order valence-electron chi connectivity index (χ1n) is 6.90. The molecule has 3 rings (SSSR count). The maximum absolute atomic E-state index is 6.04. The summed E-state index contributed by atoms with van der Waals surface area (Å²) in [5.74, 6) is 1.14. The van der Waals surface area contributed by atoms with Crippen molar-refractivity contribution in [3.05, 3.63) is 33.1 Å². The third-order valence-corrected chi connectivity index (χ3v) is 4.16. The molecule has 0 saturated carbocycles. The maximum Gasteiger partial charge on any atom is 0.233 e. The van der Waals surface area contributed by atoms with Crippen molar-refractivity contribution in [1.29, 1.82) is 0 Å². The van der Waals surface area contributed by atoms with Gasteiger partial charge in [0.15, 0.2) is 0 Å². The van der Waals surface area contributed by atoms with Crippen LogP contribution in [0.15, 0.2) is 24.3 Å². The lowest BCUT2D eigenvalue weighted by atomic mass is 10.1. The summed E-state index contributed by atoms with van der Waals surface area (Å²) in [6, 6.07) is 8.02. The van der Waals surface area contributed by atoms with Gasteiger partial charge in [-0.05, 0) is 71.7 Å². The van der Waals surface area contributed by atoms with E-state index in [2.05, 4.69) is 47.8 Å². The average molecular weight is 416 g/mol. The van der Waals surface area contributed by atoms with Crippen molar-refractivity contribution in [3.63, 3.8) is 0 Å². The first-order chi connectivity index (χ1) is 10.2. The van der Waals surface area contributed by atoms with Gasteiger partial charge in [0, 0.05) is 22.3 Å². The summed E-state index contributed by atoms with van der Waals surface area (Å²) in [5, 5.41) is 3.41. The quantitative estimate of drug-likeness (QED) is 0.772. The zero-order valence-electron chi connectivity index (χ0n) is 11.4. The predicted molar refractivity (Wildman–Crippen MR) is 93.3 cm³/mol. The zero-order valence-corrected chi connectivity index (χ0v) is 14.3. The van der Waals surface area contributed by atoms with Gasteiger partial charge in [-0.15, -0.1) is 0 Å². The number of benzene rings is 1. The highest BCUT2D eigenvalue weighted by Crippen LogP contribution is 2.21. The molecular weight excluding hydrogens is 401 g/mol. The van der Waals surface area contributed by atoms with E-state index in [4.69, 9.17) is 11.6 Å². The van der Waals surface area contributed by atoms with Gasteiger partial charge in [-0.25, -0.2) is 0 Å². The highest BCUT2D eigenvalue weighted by atomic mass is 127. The summed E-state index contributed by atoms with van der Waals surface area (Å²) < 4.78 is 1.15. The lowest BCUT2D eigenvalue weighted by Gasteiger charge is -2.26. The molecule has 110 valence electrons. The normalized spacial score (nSPS) is 15.0. The Balaban J connectivity index is 1.83. The standard InChI is InChI=1S/C14H15ClIN5/c15-12-18-13(17-11-6-4-5-10(16)9-11)20-14(19-12)21-7-2-1-3-8-21/h4-6,9H,1-3,7-8H2,(H,17,18,19,20). The van der Waals surface area contributed by atoms with E-state index in [0.29, 0.717) is 11.9 Å². The Kier molecular flexibility index (Phi) is 4.74. The summed E-state index contributed by atoms with van der Waals surface area (Å²) in [6.07, 6.45) is 3.61. The zero-order chi connectivity index (χ0) is 14.7. The van der Waals surface area contributed by atoms with E-state index in [0.717, 1.165) is 22.3 Å². The van der Waals surface area contributed by atoms with Crippen LogP contribution >= 0.6 is 34.2 Å². The van der Waals surface area contributed by atoms with Crippen molar-refractivity contribution >= 4 is 51.8 Å². The third-order valence-electron chi connectivity index (χ3n) is 3.32. The highest BCUT2D eigenvalue weighted by Gasteiger charge is 2.15. The van der Waals surface area contributed by atoms with Crippen molar-refractivity contribution in [2.75, 3.05) is 23.3 Å². The number of anilines is 3. The molecule has 0 amide bonds. The summed E-state index contributed by atoms with van der Waals surface area (Å²) in [5.41, 5.74) is 0.939. The number of hydrogen-bond donors (Lipinski definition) is 1. The van der Waals surface area contributed by atoms with Gasteiger partial charge >= 0.3 is 0 Å². The third kappa shape index (κ3) is 3.94. The molecule has 0 bridgehead atoms. The van der Waals surface area contributed by atoms with Crippen LogP contribution in [0, 0.1) is 3.57 Å². The van der Waals surface area contributed by atoms with E-state index in [1.165, 1.54) is 19.3 Å². The van der Waals surface area contributed by atoms with Gasteiger partial charge in [0.1, 0.15) is 0 Å². The van der Waals surface area contributed by atoms with Crippen molar-refractivity contribution in [2.45, 2.75) is 19.3 Å². The SMILES string of the molecule is Clc1nc(Nc2cccc(I)c2)nc(N2CCCCC2)n1. The second kappa shape index (κ2) is 6.74. The molecule has 1 aliphatic rings. The van der Waals surface area contributed by atoms with E-state index >= 15 is 0 Å². The number of nitrogens with zero attached hydrogens (tertiary/aromatic N) is 4. The van der Waals surface area contributed by atoms with Gasteiger partial charge in [-0.1, -0.05) is 6.07 Å². The smallest absolute Gasteiger partial charge is 0.233 e. The molecular formula is C14H15ClIN5. The topological polar surface area (TPSA) is 53.9 Å². The van der Waals surface area contributed by atoms with E-state index in [9.17, 15) is 0 Å². The van der Waals surface area contributed by atoms with Gasteiger partial charge in [-0.3, -0.25) is 0 Å². The lowest BCUT2D eigenvalue weighted by Crippen LogP contribution is -2.31. The second-order valence-corrected chi connectivity index (χ2v) is 6.49. The Labute approximate surface area is 142 Å². The number of piperidine rings is 1. The van der Waals surface area contributed by atoms with Crippen LogP contribution < -0.4 is 10.2 Å². The fourth-order valence-electron chi connectivity index (χ4n) is 2.33. The van der Waals surface area contributed by atoms with E-state index in [-0.39, 0.29) is 5.28 Å². The minimum absolute atomic E-state index is 0.221. The Bertz CT molecular complexity index is 631. The van der Waals surface area contributed by atoms with Crippen molar-refractivity contribution in [3.8, 4) is 0 Å². The summed E-state index contributed by atoms with van der Waals surface area (Å²) in [4.78, 5) is 15.1. The van der Waals surface area contributed by atoms with E-state index in [1.54, 1.807) is 0 Å². The van der Waals surface area contributed by atoms with Crippen LogP contribution in [0.5, 0.6) is 0 Å². The number of nitrogens with one attached hydrogen (secondary N) is 1. The van der Waals surface area contributed by atoms with Crippen molar-refractivity contribution in [1.82, 2.24) is 15.0 Å². The van der Waals surface area contributed by atoms with Gasteiger partial charge < -0.3 is 10.2 Å². The van der Waals surface area contributed by atoms with Gasteiger partial charge in [0.25, 0.3) is 0 Å². The Hall–Kier alpha value is -1.15. The molecule has 21 heavy (non-hydrogen) atoms. The van der Waals surface area contributed by atoms with Gasteiger partial charge in [-0.2, -0.15) is 15.0 Å². The molecule has 1 fully saturated rings. The minimum Gasteiger partial charge on any atom is -0.341 e. The molecule has 1 aromatic carbocycles. The fraction of sp³-hybridized carbons (Fsp3) is 0.357. The molecule has 2 aromatic rings. The number of rotatable bonds is 3.